The Morgan fingerprint density at radius 2 is 1.88 bits per heavy atom. The Morgan fingerprint density at radius 3 is 2.58 bits per heavy atom. The lowest BCUT2D eigenvalue weighted by Gasteiger charge is -2.36. The fourth-order valence-electron chi connectivity index (χ4n) is 3.52. The number of para-hydroxylation sites is 1. The Bertz CT molecular complexity index is 754. The first-order valence-electron chi connectivity index (χ1n) is 9.18. The second kappa shape index (κ2) is 8.23. The smallest absolute Gasteiger partial charge is 0.282 e. The lowest BCUT2D eigenvalue weighted by molar-refractivity contribution is -0.914. The standard InChI is InChI=1S/C21H27N3O2/c1-16-7-4-5-10-20(16)24-13-11-23(12-14-24)17(2)21(25)22-18-8-6-9-19(15-18)26-3/h4-10,15,17H,11-14H2,1-3H3,(H,22,25)/p+1/t17-/m1/s1. The first-order chi connectivity index (χ1) is 12.6. The average molecular weight is 354 g/mol. The van der Waals surface area contributed by atoms with Crippen LogP contribution in [0.5, 0.6) is 5.75 Å². The minimum atomic E-state index is -0.0831. The van der Waals surface area contributed by atoms with Gasteiger partial charge in [-0.1, -0.05) is 24.3 Å². The highest BCUT2D eigenvalue weighted by Gasteiger charge is 2.29. The molecule has 2 N–H and O–H groups in total. The van der Waals surface area contributed by atoms with Crippen LogP contribution < -0.4 is 19.9 Å². The number of methoxy groups -OCH3 is 1. The summed E-state index contributed by atoms with van der Waals surface area (Å²) >= 11 is 0. The molecule has 5 nitrogen and oxygen atoms in total. The molecule has 0 radical (unpaired) electrons. The number of nitrogens with one attached hydrogen (secondary N) is 2. The van der Waals surface area contributed by atoms with E-state index in [0.29, 0.717) is 0 Å². The van der Waals surface area contributed by atoms with Crippen molar-refractivity contribution in [3.05, 3.63) is 54.1 Å². The van der Waals surface area contributed by atoms with Crippen molar-refractivity contribution < 1.29 is 14.4 Å². The normalized spacial score (nSPS) is 16.2. The molecule has 0 saturated carbocycles. The second-order valence-corrected chi connectivity index (χ2v) is 6.87. The van der Waals surface area contributed by atoms with E-state index in [0.717, 1.165) is 37.6 Å². The first-order valence-corrected chi connectivity index (χ1v) is 9.18. The number of hydrogen-bond donors (Lipinski definition) is 2. The summed E-state index contributed by atoms with van der Waals surface area (Å²) in [6.07, 6.45) is 0. The predicted octanol–water partition coefficient (Wildman–Crippen LogP) is 1.74. The number of anilines is 2. The number of rotatable bonds is 5. The Labute approximate surface area is 155 Å². The Kier molecular flexibility index (Phi) is 5.78. The molecule has 1 heterocycles. The molecule has 0 bridgehead atoms. The third-order valence-corrected chi connectivity index (χ3v) is 5.20. The second-order valence-electron chi connectivity index (χ2n) is 6.87. The van der Waals surface area contributed by atoms with Crippen molar-refractivity contribution in [3.8, 4) is 5.75 Å². The van der Waals surface area contributed by atoms with Crippen LogP contribution in [0, 0.1) is 6.92 Å². The molecule has 2 aromatic carbocycles. The number of carbonyl (C=O) groups is 1. The van der Waals surface area contributed by atoms with Crippen LogP contribution in [-0.4, -0.2) is 45.2 Å². The molecular formula is C21H28N3O2+. The van der Waals surface area contributed by atoms with Gasteiger partial charge < -0.3 is 19.9 Å². The van der Waals surface area contributed by atoms with Crippen LogP contribution in [0.2, 0.25) is 0 Å². The molecule has 0 spiro atoms. The van der Waals surface area contributed by atoms with E-state index in [2.05, 4.69) is 41.4 Å². The maximum Gasteiger partial charge on any atom is 0.282 e. The zero-order valence-electron chi connectivity index (χ0n) is 15.8. The fourth-order valence-corrected chi connectivity index (χ4v) is 3.52. The largest absolute Gasteiger partial charge is 0.497 e. The lowest BCUT2D eigenvalue weighted by atomic mass is 10.1. The van der Waals surface area contributed by atoms with Crippen LogP contribution in [0.4, 0.5) is 11.4 Å². The van der Waals surface area contributed by atoms with Gasteiger partial charge in [-0.05, 0) is 37.6 Å². The summed E-state index contributed by atoms with van der Waals surface area (Å²) in [5, 5.41) is 3.01. The Balaban J connectivity index is 1.56. The molecule has 0 unspecified atom stereocenters. The molecule has 3 rings (SSSR count). The monoisotopic (exact) mass is 354 g/mol. The van der Waals surface area contributed by atoms with E-state index in [-0.39, 0.29) is 11.9 Å². The van der Waals surface area contributed by atoms with E-state index in [1.165, 1.54) is 16.2 Å². The molecule has 1 amide bonds. The molecule has 0 aliphatic carbocycles. The number of hydrogen-bond acceptors (Lipinski definition) is 3. The van der Waals surface area contributed by atoms with Crippen molar-refractivity contribution >= 4 is 17.3 Å². The average Bonchev–Trinajstić information content (AvgIpc) is 2.68. The summed E-state index contributed by atoms with van der Waals surface area (Å²) in [5.74, 6) is 0.798. The minimum absolute atomic E-state index is 0.0533. The Morgan fingerprint density at radius 1 is 1.15 bits per heavy atom. The van der Waals surface area contributed by atoms with Crippen molar-refractivity contribution in [2.24, 2.45) is 0 Å². The molecule has 138 valence electrons. The van der Waals surface area contributed by atoms with Gasteiger partial charge in [-0.3, -0.25) is 4.79 Å². The van der Waals surface area contributed by atoms with Gasteiger partial charge in [0.25, 0.3) is 5.91 Å². The number of amides is 1. The van der Waals surface area contributed by atoms with Gasteiger partial charge >= 0.3 is 0 Å². The molecule has 1 saturated heterocycles. The van der Waals surface area contributed by atoms with Crippen LogP contribution in [0.15, 0.2) is 48.5 Å². The lowest BCUT2D eigenvalue weighted by Crippen LogP contribution is -3.19. The maximum absolute atomic E-state index is 12.6. The van der Waals surface area contributed by atoms with E-state index < -0.39 is 0 Å². The number of benzene rings is 2. The number of nitrogens with zero attached hydrogens (tertiary/aromatic N) is 1. The zero-order chi connectivity index (χ0) is 18.5. The topological polar surface area (TPSA) is 46.0 Å². The molecule has 1 aliphatic heterocycles. The number of carbonyl (C=O) groups excluding carboxylic acids is 1. The van der Waals surface area contributed by atoms with Crippen LogP contribution >= 0.6 is 0 Å². The third-order valence-electron chi connectivity index (χ3n) is 5.20. The van der Waals surface area contributed by atoms with Crippen molar-refractivity contribution in [3.63, 3.8) is 0 Å². The maximum atomic E-state index is 12.6. The van der Waals surface area contributed by atoms with Crippen LogP contribution in [0.25, 0.3) is 0 Å². The van der Waals surface area contributed by atoms with Crippen LogP contribution in [0.1, 0.15) is 12.5 Å². The van der Waals surface area contributed by atoms with E-state index in [1.807, 2.05) is 31.2 Å². The molecule has 1 aliphatic rings. The predicted molar refractivity (Wildman–Crippen MR) is 105 cm³/mol. The van der Waals surface area contributed by atoms with E-state index in [4.69, 9.17) is 4.74 Å². The van der Waals surface area contributed by atoms with Gasteiger partial charge in [0.05, 0.1) is 33.3 Å². The van der Waals surface area contributed by atoms with E-state index in [9.17, 15) is 4.79 Å². The number of ether oxygens (including phenoxy) is 1. The molecule has 0 aromatic heterocycles. The third kappa shape index (κ3) is 4.17. The quantitative estimate of drug-likeness (QED) is 0.860. The summed E-state index contributed by atoms with van der Waals surface area (Å²) in [5.41, 5.74) is 3.39. The van der Waals surface area contributed by atoms with Crippen molar-refractivity contribution in [2.75, 3.05) is 43.5 Å². The highest BCUT2D eigenvalue weighted by atomic mass is 16.5. The van der Waals surface area contributed by atoms with Gasteiger partial charge in [0.2, 0.25) is 0 Å². The number of piperazine rings is 1. The van der Waals surface area contributed by atoms with Crippen molar-refractivity contribution in [1.82, 2.24) is 0 Å². The van der Waals surface area contributed by atoms with Gasteiger partial charge in [0, 0.05) is 17.4 Å². The van der Waals surface area contributed by atoms with Gasteiger partial charge in [0.15, 0.2) is 6.04 Å². The summed E-state index contributed by atoms with van der Waals surface area (Å²) in [7, 11) is 1.63. The zero-order valence-corrected chi connectivity index (χ0v) is 15.8. The SMILES string of the molecule is COc1cccc(NC(=O)[C@@H](C)[NH+]2CCN(c3ccccc3C)CC2)c1. The number of aryl methyl sites for hydroxylation is 1. The summed E-state index contributed by atoms with van der Waals surface area (Å²) in [6.45, 7) is 8.02. The Hall–Kier alpha value is -2.53. The van der Waals surface area contributed by atoms with Crippen molar-refractivity contribution in [2.45, 2.75) is 19.9 Å². The van der Waals surface area contributed by atoms with Crippen LogP contribution in [0.3, 0.4) is 0 Å². The van der Waals surface area contributed by atoms with Gasteiger partial charge in [-0.25, -0.2) is 0 Å². The summed E-state index contributed by atoms with van der Waals surface area (Å²) in [6, 6.07) is 15.9. The molecule has 1 fully saturated rings. The fraction of sp³-hybridized carbons (Fsp3) is 0.381. The minimum Gasteiger partial charge on any atom is -0.497 e. The molecular weight excluding hydrogens is 326 g/mol. The van der Waals surface area contributed by atoms with Gasteiger partial charge in [-0.15, -0.1) is 0 Å². The summed E-state index contributed by atoms with van der Waals surface area (Å²) < 4.78 is 5.21. The van der Waals surface area contributed by atoms with Crippen molar-refractivity contribution in [1.29, 1.82) is 0 Å². The van der Waals surface area contributed by atoms with E-state index >= 15 is 0 Å². The molecule has 1 atom stereocenters. The van der Waals surface area contributed by atoms with Gasteiger partial charge in [0.1, 0.15) is 5.75 Å². The summed E-state index contributed by atoms with van der Waals surface area (Å²) in [4.78, 5) is 16.4. The molecule has 5 heteroatoms. The molecule has 26 heavy (non-hydrogen) atoms. The molecule has 2 aromatic rings. The highest BCUT2D eigenvalue weighted by molar-refractivity contribution is 5.93. The van der Waals surface area contributed by atoms with Crippen LogP contribution in [-0.2, 0) is 4.79 Å². The van der Waals surface area contributed by atoms with E-state index in [1.54, 1.807) is 7.11 Å². The first kappa shape index (κ1) is 18.3. The van der Waals surface area contributed by atoms with Gasteiger partial charge in [-0.2, -0.15) is 0 Å². The number of quaternary nitrogens is 1. The highest BCUT2D eigenvalue weighted by Crippen LogP contribution is 2.19.